The molecule has 0 radical (unpaired) electrons. The lowest BCUT2D eigenvalue weighted by molar-refractivity contribution is 0.0912. The summed E-state index contributed by atoms with van der Waals surface area (Å²) in [6.07, 6.45) is 7.44. The minimum Gasteiger partial charge on any atom is -0.334 e. The van der Waals surface area contributed by atoms with E-state index in [0.717, 1.165) is 38.5 Å². The topological polar surface area (TPSA) is 65.8 Å². The van der Waals surface area contributed by atoms with Gasteiger partial charge in [0.05, 0.1) is 11.6 Å². The van der Waals surface area contributed by atoms with Crippen LogP contribution in [0.2, 0.25) is 0 Å². The molecule has 0 saturated heterocycles. The van der Waals surface area contributed by atoms with Crippen LogP contribution >= 0.6 is 0 Å². The third-order valence-electron chi connectivity index (χ3n) is 3.78. The molecule has 1 amide bonds. The summed E-state index contributed by atoms with van der Waals surface area (Å²) in [5, 5.41) is 12.4. The first kappa shape index (κ1) is 13.5. The fourth-order valence-corrected chi connectivity index (χ4v) is 2.61. The van der Waals surface area contributed by atoms with Gasteiger partial charge in [0.2, 0.25) is 0 Å². The van der Waals surface area contributed by atoms with Crippen molar-refractivity contribution in [1.29, 1.82) is 5.26 Å². The van der Waals surface area contributed by atoms with Gasteiger partial charge in [0.1, 0.15) is 5.54 Å². The minimum absolute atomic E-state index is 0.186. The van der Waals surface area contributed by atoms with E-state index in [0.29, 0.717) is 11.3 Å². The highest BCUT2D eigenvalue weighted by atomic mass is 16.1. The molecule has 1 aliphatic rings. The van der Waals surface area contributed by atoms with Gasteiger partial charge in [-0.3, -0.25) is 9.78 Å². The Morgan fingerprint density at radius 2 is 2.05 bits per heavy atom. The van der Waals surface area contributed by atoms with E-state index < -0.39 is 5.54 Å². The Morgan fingerprint density at radius 3 is 2.63 bits per heavy atom. The van der Waals surface area contributed by atoms with Crippen molar-refractivity contribution in [2.24, 2.45) is 0 Å². The van der Waals surface area contributed by atoms with Crippen LogP contribution in [0.1, 0.15) is 54.6 Å². The standard InChI is InChI=1S/C15H19N3O/c1-12-13(7-6-10-17-12)14(19)18-15(11-16)8-4-2-3-5-9-15/h6-7,10H,2-5,8-9H2,1H3,(H,18,19). The van der Waals surface area contributed by atoms with E-state index in [1.54, 1.807) is 25.3 Å². The highest BCUT2D eigenvalue weighted by Crippen LogP contribution is 2.27. The number of hydrogen-bond donors (Lipinski definition) is 1. The van der Waals surface area contributed by atoms with E-state index in [9.17, 15) is 10.1 Å². The molecule has 0 aromatic carbocycles. The lowest BCUT2D eigenvalue weighted by atomic mass is 9.91. The Kier molecular flexibility index (Phi) is 4.16. The summed E-state index contributed by atoms with van der Waals surface area (Å²) in [7, 11) is 0. The summed E-state index contributed by atoms with van der Waals surface area (Å²) in [6, 6.07) is 5.82. The fourth-order valence-electron chi connectivity index (χ4n) is 2.61. The van der Waals surface area contributed by atoms with Gasteiger partial charge in [-0.2, -0.15) is 5.26 Å². The maximum absolute atomic E-state index is 12.3. The normalized spacial score (nSPS) is 18.1. The minimum atomic E-state index is -0.699. The monoisotopic (exact) mass is 257 g/mol. The van der Waals surface area contributed by atoms with E-state index in [-0.39, 0.29) is 5.91 Å². The summed E-state index contributed by atoms with van der Waals surface area (Å²) in [6.45, 7) is 1.81. The molecule has 1 aromatic rings. The van der Waals surface area contributed by atoms with Crippen molar-refractivity contribution in [2.45, 2.75) is 51.0 Å². The zero-order chi connectivity index (χ0) is 13.7. The average molecular weight is 257 g/mol. The summed E-state index contributed by atoms with van der Waals surface area (Å²) < 4.78 is 0. The molecule has 1 heterocycles. The first-order chi connectivity index (χ1) is 9.17. The number of nitriles is 1. The van der Waals surface area contributed by atoms with Crippen molar-refractivity contribution < 1.29 is 4.79 Å². The number of carbonyl (C=O) groups is 1. The first-order valence-corrected chi connectivity index (χ1v) is 6.82. The van der Waals surface area contributed by atoms with Crippen LogP contribution in [0.4, 0.5) is 0 Å². The molecule has 100 valence electrons. The predicted octanol–water partition coefficient (Wildman–Crippen LogP) is 2.74. The fraction of sp³-hybridized carbons (Fsp3) is 0.533. The Hall–Kier alpha value is -1.89. The molecule has 2 rings (SSSR count). The number of pyridine rings is 1. The zero-order valence-electron chi connectivity index (χ0n) is 11.3. The van der Waals surface area contributed by atoms with Crippen molar-refractivity contribution in [1.82, 2.24) is 10.3 Å². The Bertz CT molecular complexity index is 496. The van der Waals surface area contributed by atoms with E-state index in [1.165, 1.54) is 0 Å². The highest BCUT2D eigenvalue weighted by Gasteiger charge is 2.33. The van der Waals surface area contributed by atoms with E-state index in [2.05, 4.69) is 16.4 Å². The molecule has 0 atom stereocenters. The van der Waals surface area contributed by atoms with Crippen LogP contribution in [0, 0.1) is 18.3 Å². The van der Waals surface area contributed by atoms with Gasteiger partial charge in [-0.1, -0.05) is 25.7 Å². The molecule has 1 N–H and O–H groups in total. The maximum Gasteiger partial charge on any atom is 0.254 e. The quantitative estimate of drug-likeness (QED) is 0.828. The molecule has 4 heteroatoms. The van der Waals surface area contributed by atoms with Gasteiger partial charge in [0, 0.05) is 11.9 Å². The molecule has 0 spiro atoms. The van der Waals surface area contributed by atoms with Gasteiger partial charge in [-0.25, -0.2) is 0 Å². The molecule has 1 aromatic heterocycles. The van der Waals surface area contributed by atoms with Crippen molar-refractivity contribution >= 4 is 5.91 Å². The van der Waals surface area contributed by atoms with Crippen LogP contribution < -0.4 is 5.32 Å². The Morgan fingerprint density at radius 1 is 1.37 bits per heavy atom. The lowest BCUT2D eigenvalue weighted by Gasteiger charge is -2.26. The molecule has 1 saturated carbocycles. The third kappa shape index (κ3) is 3.11. The number of rotatable bonds is 2. The number of aryl methyl sites for hydroxylation is 1. The molecule has 1 fully saturated rings. The Labute approximate surface area is 113 Å². The number of amides is 1. The van der Waals surface area contributed by atoms with Gasteiger partial charge in [-0.15, -0.1) is 0 Å². The SMILES string of the molecule is Cc1ncccc1C(=O)NC1(C#N)CCCCCC1. The van der Waals surface area contributed by atoms with Crippen LogP contribution in [0.5, 0.6) is 0 Å². The van der Waals surface area contributed by atoms with E-state index in [1.807, 2.05) is 0 Å². The highest BCUT2D eigenvalue weighted by molar-refractivity contribution is 5.95. The van der Waals surface area contributed by atoms with Crippen LogP contribution in [-0.4, -0.2) is 16.4 Å². The number of aromatic nitrogens is 1. The zero-order valence-corrected chi connectivity index (χ0v) is 11.3. The van der Waals surface area contributed by atoms with Crippen LogP contribution in [0.3, 0.4) is 0 Å². The smallest absolute Gasteiger partial charge is 0.254 e. The van der Waals surface area contributed by atoms with Gasteiger partial charge in [0.15, 0.2) is 0 Å². The molecule has 0 unspecified atom stereocenters. The molecular weight excluding hydrogens is 238 g/mol. The van der Waals surface area contributed by atoms with Gasteiger partial charge in [-0.05, 0) is 31.9 Å². The largest absolute Gasteiger partial charge is 0.334 e. The summed E-state index contributed by atoms with van der Waals surface area (Å²) in [4.78, 5) is 16.4. The van der Waals surface area contributed by atoms with E-state index in [4.69, 9.17) is 0 Å². The Balaban J connectivity index is 2.17. The summed E-state index contributed by atoms with van der Waals surface area (Å²) >= 11 is 0. The van der Waals surface area contributed by atoms with Crippen molar-refractivity contribution in [2.75, 3.05) is 0 Å². The third-order valence-corrected chi connectivity index (χ3v) is 3.78. The van der Waals surface area contributed by atoms with Gasteiger partial charge < -0.3 is 5.32 Å². The summed E-state index contributed by atoms with van der Waals surface area (Å²) in [5.41, 5.74) is 0.554. The van der Waals surface area contributed by atoms with E-state index >= 15 is 0 Å². The van der Waals surface area contributed by atoms with Crippen molar-refractivity contribution in [3.05, 3.63) is 29.6 Å². The van der Waals surface area contributed by atoms with Gasteiger partial charge in [0.25, 0.3) is 5.91 Å². The molecule has 0 aliphatic heterocycles. The lowest BCUT2D eigenvalue weighted by Crippen LogP contribution is -2.47. The predicted molar refractivity (Wildman–Crippen MR) is 72.5 cm³/mol. The van der Waals surface area contributed by atoms with Gasteiger partial charge >= 0.3 is 0 Å². The number of nitrogens with zero attached hydrogens (tertiary/aromatic N) is 2. The maximum atomic E-state index is 12.3. The molecular formula is C15H19N3O. The average Bonchev–Trinajstić information content (AvgIpc) is 2.65. The first-order valence-electron chi connectivity index (χ1n) is 6.82. The van der Waals surface area contributed by atoms with Crippen molar-refractivity contribution in [3.8, 4) is 6.07 Å². The second kappa shape index (κ2) is 5.83. The van der Waals surface area contributed by atoms with Crippen LogP contribution in [-0.2, 0) is 0 Å². The molecule has 1 aliphatic carbocycles. The molecule has 0 bridgehead atoms. The van der Waals surface area contributed by atoms with Crippen LogP contribution in [0.15, 0.2) is 18.3 Å². The summed E-state index contributed by atoms with van der Waals surface area (Å²) in [5.74, 6) is -0.186. The number of hydrogen-bond acceptors (Lipinski definition) is 3. The van der Waals surface area contributed by atoms with Crippen LogP contribution in [0.25, 0.3) is 0 Å². The second-order valence-electron chi connectivity index (χ2n) is 5.20. The van der Waals surface area contributed by atoms with Crippen molar-refractivity contribution in [3.63, 3.8) is 0 Å². The molecule has 19 heavy (non-hydrogen) atoms. The number of carbonyl (C=O) groups excluding carboxylic acids is 1. The number of nitrogens with one attached hydrogen (secondary N) is 1. The molecule has 4 nitrogen and oxygen atoms in total. The second-order valence-corrected chi connectivity index (χ2v) is 5.20.